The summed E-state index contributed by atoms with van der Waals surface area (Å²) in [5.74, 6) is 2.36. The number of piperidine rings is 1. The minimum Gasteiger partial charge on any atom is -0.483 e. The predicted octanol–water partition coefficient (Wildman–Crippen LogP) is 1.44. The number of aliphatic hydroxyl groups is 1. The number of anilines is 2. The Hall–Kier alpha value is -2.94. The molecule has 2 aromatic rings. The van der Waals surface area contributed by atoms with Crippen molar-refractivity contribution < 1.29 is 15.0 Å². The zero-order chi connectivity index (χ0) is 22.8. The largest absolute Gasteiger partial charge is 0.483 e. The second-order valence-corrected chi connectivity index (χ2v) is 8.99. The molecule has 3 atom stereocenters. The molecule has 1 aliphatic carbocycles. The van der Waals surface area contributed by atoms with Gasteiger partial charge in [0.15, 0.2) is 0 Å². The lowest BCUT2D eigenvalue weighted by molar-refractivity contribution is -0.122. The molecule has 0 unspecified atom stereocenters. The number of aliphatic hydroxyl groups excluding tert-OH is 1. The molecule has 2 bridgehead atoms. The fourth-order valence-electron chi connectivity index (χ4n) is 5.47. The van der Waals surface area contributed by atoms with Crippen LogP contribution in [0.2, 0.25) is 0 Å². The van der Waals surface area contributed by atoms with Gasteiger partial charge in [-0.15, -0.1) is 0 Å². The Labute approximate surface area is 187 Å². The van der Waals surface area contributed by atoms with Crippen LogP contribution in [0.5, 0.6) is 0 Å². The summed E-state index contributed by atoms with van der Waals surface area (Å²) in [5.41, 5.74) is 3.54. The SMILES string of the molecule is CN(C)c1nc2c(c(N3C[C@H]4C[C@@H](C3)[C@H](CO)n3c4cccc3=O)n1)CCCC2.O=CO. The Bertz CT molecular complexity index is 1040. The van der Waals surface area contributed by atoms with E-state index in [2.05, 4.69) is 11.0 Å². The fraction of sp³-hybridized carbons (Fsp3) is 0.565. The molecule has 3 aliphatic rings. The number of aromatic nitrogens is 3. The van der Waals surface area contributed by atoms with Gasteiger partial charge in [-0.1, -0.05) is 6.07 Å². The Morgan fingerprint density at radius 3 is 2.66 bits per heavy atom. The van der Waals surface area contributed by atoms with Crippen LogP contribution in [-0.4, -0.2) is 65.0 Å². The van der Waals surface area contributed by atoms with E-state index in [-0.39, 0.29) is 36.5 Å². The zero-order valence-corrected chi connectivity index (χ0v) is 18.6. The molecule has 2 aromatic heterocycles. The number of carbonyl (C=O) groups is 1. The Balaban J connectivity index is 0.000000775. The minimum absolute atomic E-state index is 0.000917. The average Bonchev–Trinajstić information content (AvgIpc) is 2.79. The second kappa shape index (κ2) is 9.28. The van der Waals surface area contributed by atoms with Crippen LogP contribution in [0.3, 0.4) is 0 Å². The normalized spacial score (nSPS) is 23.3. The van der Waals surface area contributed by atoms with Crippen molar-refractivity contribution in [3.63, 3.8) is 0 Å². The maximum atomic E-state index is 12.5. The summed E-state index contributed by atoms with van der Waals surface area (Å²) in [6.07, 6.45) is 5.43. The summed E-state index contributed by atoms with van der Waals surface area (Å²) in [6, 6.07) is 5.34. The molecule has 1 saturated heterocycles. The first-order valence-corrected chi connectivity index (χ1v) is 11.2. The Morgan fingerprint density at radius 2 is 1.94 bits per heavy atom. The van der Waals surface area contributed by atoms with Crippen molar-refractivity contribution in [2.75, 3.05) is 43.6 Å². The van der Waals surface area contributed by atoms with Crippen molar-refractivity contribution in [1.82, 2.24) is 14.5 Å². The molecule has 32 heavy (non-hydrogen) atoms. The van der Waals surface area contributed by atoms with Gasteiger partial charge in [-0.3, -0.25) is 9.59 Å². The summed E-state index contributed by atoms with van der Waals surface area (Å²) in [4.78, 5) is 35.1. The van der Waals surface area contributed by atoms with E-state index >= 15 is 0 Å². The van der Waals surface area contributed by atoms with Crippen LogP contribution >= 0.6 is 0 Å². The van der Waals surface area contributed by atoms with Crippen molar-refractivity contribution in [2.45, 2.75) is 44.1 Å². The first kappa shape index (κ1) is 22.3. The quantitative estimate of drug-likeness (QED) is 0.689. The number of rotatable bonds is 3. The first-order chi connectivity index (χ1) is 15.5. The van der Waals surface area contributed by atoms with Gasteiger partial charge in [-0.25, -0.2) is 4.98 Å². The average molecular weight is 442 g/mol. The number of nitrogens with zero attached hydrogens (tertiary/aromatic N) is 5. The Morgan fingerprint density at radius 1 is 1.19 bits per heavy atom. The standard InChI is InChI=1S/C22H29N5O2.CH2O2/c1-25(2)22-23-17-7-4-3-6-16(17)21(24-22)26-11-14-10-15(12-26)19(13-28)27-18(14)8-5-9-20(27)29;2-1-3/h5,8-9,14-15,19,28H,3-4,6-7,10-13H2,1-2H3;1H,(H,2,3)/t14-,15+,19+;/m1./s1. The Kier molecular flexibility index (Phi) is 6.45. The van der Waals surface area contributed by atoms with Crippen molar-refractivity contribution in [3.05, 3.63) is 45.5 Å². The molecule has 1 fully saturated rings. The number of hydrogen-bond acceptors (Lipinski definition) is 7. The second-order valence-electron chi connectivity index (χ2n) is 8.99. The van der Waals surface area contributed by atoms with Gasteiger partial charge in [-0.05, 0) is 38.2 Å². The third-order valence-corrected chi connectivity index (χ3v) is 6.83. The van der Waals surface area contributed by atoms with Gasteiger partial charge in [-0.2, -0.15) is 4.98 Å². The molecule has 2 N–H and O–H groups in total. The van der Waals surface area contributed by atoms with Gasteiger partial charge in [0.25, 0.3) is 12.0 Å². The summed E-state index contributed by atoms with van der Waals surface area (Å²) in [7, 11) is 3.98. The maximum absolute atomic E-state index is 12.5. The smallest absolute Gasteiger partial charge is 0.290 e. The van der Waals surface area contributed by atoms with Gasteiger partial charge in [0.2, 0.25) is 5.95 Å². The number of carboxylic acid groups (broad SMARTS) is 1. The van der Waals surface area contributed by atoms with Crippen LogP contribution in [0.4, 0.5) is 11.8 Å². The number of fused-ring (bicyclic) bond motifs is 5. The highest BCUT2D eigenvalue weighted by molar-refractivity contribution is 5.55. The van der Waals surface area contributed by atoms with Crippen LogP contribution in [0.15, 0.2) is 23.0 Å². The topological polar surface area (TPSA) is 112 Å². The van der Waals surface area contributed by atoms with Gasteiger partial charge < -0.3 is 24.6 Å². The van der Waals surface area contributed by atoms with Crippen molar-refractivity contribution >= 4 is 18.2 Å². The molecule has 5 rings (SSSR count). The van der Waals surface area contributed by atoms with E-state index in [1.165, 1.54) is 24.1 Å². The van der Waals surface area contributed by atoms with Crippen molar-refractivity contribution in [3.8, 4) is 0 Å². The monoisotopic (exact) mass is 441 g/mol. The van der Waals surface area contributed by atoms with Crippen LogP contribution in [0, 0.1) is 5.92 Å². The highest BCUT2D eigenvalue weighted by Crippen LogP contribution is 2.43. The van der Waals surface area contributed by atoms with E-state index in [0.29, 0.717) is 0 Å². The van der Waals surface area contributed by atoms with Crippen LogP contribution in [-0.2, 0) is 17.6 Å². The van der Waals surface area contributed by atoms with Crippen molar-refractivity contribution in [2.24, 2.45) is 5.92 Å². The van der Waals surface area contributed by atoms with Gasteiger partial charge >= 0.3 is 0 Å². The minimum atomic E-state index is -0.250. The van der Waals surface area contributed by atoms with Crippen LogP contribution in [0.25, 0.3) is 0 Å². The first-order valence-electron chi connectivity index (χ1n) is 11.2. The fourth-order valence-corrected chi connectivity index (χ4v) is 5.47. The highest BCUT2D eigenvalue weighted by Gasteiger charge is 2.41. The summed E-state index contributed by atoms with van der Waals surface area (Å²) in [6.45, 7) is 1.42. The summed E-state index contributed by atoms with van der Waals surface area (Å²) < 4.78 is 1.84. The molecule has 0 radical (unpaired) electrons. The molecule has 9 nitrogen and oxygen atoms in total. The van der Waals surface area contributed by atoms with Gasteiger partial charge in [0, 0.05) is 56.3 Å². The molecule has 0 spiro atoms. The number of pyridine rings is 1. The van der Waals surface area contributed by atoms with E-state index < -0.39 is 0 Å². The zero-order valence-electron chi connectivity index (χ0n) is 18.6. The number of aryl methyl sites for hydroxylation is 1. The predicted molar refractivity (Wildman–Crippen MR) is 122 cm³/mol. The van der Waals surface area contributed by atoms with Crippen LogP contribution < -0.4 is 15.4 Å². The molecular weight excluding hydrogens is 410 g/mol. The molecule has 172 valence electrons. The van der Waals surface area contributed by atoms with E-state index in [1.54, 1.807) is 6.07 Å². The molecule has 0 aromatic carbocycles. The van der Waals surface area contributed by atoms with E-state index in [4.69, 9.17) is 19.9 Å². The van der Waals surface area contributed by atoms with E-state index in [1.807, 2.05) is 29.6 Å². The molecule has 0 saturated carbocycles. The summed E-state index contributed by atoms with van der Waals surface area (Å²) in [5, 5.41) is 17.0. The highest BCUT2D eigenvalue weighted by atomic mass is 16.3. The van der Waals surface area contributed by atoms with E-state index in [0.717, 1.165) is 49.8 Å². The van der Waals surface area contributed by atoms with Crippen LogP contribution in [0.1, 0.15) is 48.2 Å². The maximum Gasteiger partial charge on any atom is 0.290 e. The molecule has 2 aliphatic heterocycles. The molecular formula is C23H31N5O4. The lowest BCUT2D eigenvalue weighted by Gasteiger charge is -2.47. The lowest BCUT2D eigenvalue weighted by atomic mass is 9.78. The molecule has 9 heteroatoms. The van der Waals surface area contributed by atoms with Crippen molar-refractivity contribution in [1.29, 1.82) is 0 Å². The third-order valence-electron chi connectivity index (χ3n) is 6.83. The number of hydrogen-bond donors (Lipinski definition) is 2. The molecule has 0 amide bonds. The molecule has 4 heterocycles. The lowest BCUT2D eigenvalue weighted by Crippen LogP contribution is -2.51. The third kappa shape index (κ3) is 3.97. The summed E-state index contributed by atoms with van der Waals surface area (Å²) >= 11 is 0. The van der Waals surface area contributed by atoms with E-state index in [9.17, 15) is 9.90 Å². The van der Waals surface area contributed by atoms with Gasteiger partial charge in [0.05, 0.1) is 18.3 Å². The van der Waals surface area contributed by atoms with Gasteiger partial charge in [0.1, 0.15) is 5.82 Å².